The van der Waals surface area contributed by atoms with Crippen molar-refractivity contribution in [3.63, 3.8) is 0 Å². The Morgan fingerprint density at radius 1 is 1.10 bits per heavy atom. The number of nitrogens with one attached hydrogen (secondary N) is 1. The number of nitrogens with zero attached hydrogens (tertiary/aromatic N) is 1. The molecule has 1 aromatic rings. The number of piperidine rings is 2. The van der Waals surface area contributed by atoms with Crippen molar-refractivity contribution in [2.24, 2.45) is 5.41 Å². The van der Waals surface area contributed by atoms with Gasteiger partial charge in [-0.3, -0.25) is 4.79 Å². The second-order valence-electron chi connectivity index (χ2n) is 6.02. The van der Waals surface area contributed by atoms with E-state index in [1.165, 1.54) is 18.9 Å². The molecule has 2 saturated heterocycles. The van der Waals surface area contributed by atoms with Gasteiger partial charge in [-0.25, -0.2) is 4.39 Å². The van der Waals surface area contributed by atoms with Crippen LogP contribution in [0.2, 0.25) is 0 Å². The van der Waals surface area contributed by atoms with Crippen LogP contribution >= 0.6 is 0 Å². The molecule has 20 heavy (non-hydrogen) atoms. The predicted octanol–water partition coefficient (Wildman–Crippen LogP) is 2.43. The number of likely N-dealkylation sites (tertiary alicyclic amines) is 1. The number of halogens is 1. The van der Waals surface area contributed by atoms with Gasteiger partial charge < -0.3 is 10.2 Å². The molecule has 0 saturated carbocycles. The van der Waals surface area contributed by atoms with Crippen molar-refractivity contribution in [1.82, 2.24) is 10.2 Å². The first-order valence-electron chi connectivity index (χ1n) is 7.45. The lowest BCUT2D eigenvalue weighted by molar-refractivity contribution is 0.0492. The minimum absolute atomic E-state index is 0.160. The molecule has 2 aliphatic rings. The SMILES string of the molecule is O=C(c1ccccc1F)N1CCC2(CCNCC2)CC1. The fourth-order valence-electron chi connectivity index (χ4n) is 3.45. The molecule has 3 rings (SSSR count). The summed E-state index contributed by atoms with van der Waals surface area (Å²) in [5, 5.41) is 3.39. The number of carbonyl (C=O) groups is 1. The Morgan fingerprint density at radius 3 is 2.40 bits per heavy atom. The summed E-state index contributed by atoms with van der Waals surface area (Å²) >= 11 is 0. The maximum atomic E-state index is 13.7. The molecule has 0 aromatic heterocycles. The molecule has 4 heteroatoms. The van der Waals surface area contributed by atoms with Crippen LogP contribution in [0, 0.1) is 11.2 Å². The van der Waals surface area contributed by atoms with Gasteiger partial charge in [0, 0.05) is 13.1 Å². The molecular formula is C16H21FN2O. The zero-order valence-electron chi connectivity index (χ0n) is 11.7. The lowest BCUT2D eigenvalue weighted by Crippen LogP contribution is -2.47. The highest BCUT2D eigenvalue weighted by atomic mass is 19.1. The van der Waals surface area contributed by atoms with E-state index >= 15 is 0 Å². The lowest BCUT2D eigenvalue weighted by atomic mass is 9.71. The molecule has 1 amide bonds. The van der Waals surface area contributed by atoms with Gasteiger partial charge in [0.05, 0.1) is 5.56 Å². The summed E-state index contributed by atoms with van der Waals surface area (Å²) in [5.74, 6) is -0.577. The summed E-state index contributed by atoms with van der Waals surface area (Å²) in [7, 11) is 0. The van der Waals surface area contributed by atoms with Crippen molar-refractivity contribution >= 4 is 5.91 Å². The van der Waals surface area contributed by atoms with Crippen LogP contribution < -0.4 is 5.32 Å². The van der Waals surface area contributed by atoms with Crippen LogP contribution in [0.15, 0.2) is 24.3 Å². The van der Waals surface area contributed by atoms with Crippen LogP contribution in [0.4, 0.5) is 4.39 Å². The van der Waals surface area contributed by atoms with E-state index in [4.69, 9.17) is 0 Å². The maximum Gasteiger partial charge on any atom is 0.256 e. The zero-order chi connectivity index (χ0) is 14.0. The van der Waals surface area contributed by atoms with Crippen molar-refractivity contribution in [3.8, 4) is 0 Å². The minimum Gasteiger partial charge on any atom is -0.339 e. The summed E-state index contributed by atoms with van der Waals surface area (Å²) in [6.07, 6.45) is 4.51. The summed E-state index contributed by atoms with van der Waals surface area (Å²) in [6.45, 7) is 3.68. The van der Waals surface area contributed by atoms with E-state index in [0.29, 0.717) is 5.41 Å². The topological polar surface area (TPSA) is 32.3 Å². The monoisotopic (exact) mass is 276 g/mol. The largest absolute Gasteiger partial charge is 0.339 e. The number of hydrogen-bond acceptors (Lipinski definition) is 2. The number of amides is 1. The Balaban J connectivity index is 1.66. The van der Waals surface area contributed by atoms with Gasteiger partial charge in [0.1, 0.15) is 5.82 Å². The molecule has 0 radical (unpaired) electrons. The summed E-state index contributed by atoms with van der Waals surface area (Å²) in [5.41, 5.74) is 0.617. The average Bonchev–Trinajstić information content (AvgIpc) is 2.49. The van der Waals surface area contributed by atoms with Gasteiger partial charge in [0.15, 0.2) is 0 Å². The Labute approximate surface area is 119 Å². The van der Waals surface area contributed by atoms with E-state index in [2.05, 4.69) is 5.32 Å². The highest BCUT2D eigenvalue weighted by molar-refractivity contribution is 5.94. The first kappa shape index (κ1) is 13.6. The second kappa shape index (κ2) is 5.52. The summed E-state index contributed by atoms with van der Waals surface area (Å²) < 4.78 is 13.7. The molecule has 108 valence electrons. The third-order valence-electron chi connectivity index (χ3n) is 4.88. The molecule has 2 fully saturated rings. The fraction of sp³-hybridized carbons (Fsp3) is 0.562. The Morgan fingerprint density at radius 2 is 1.75 bits per heavy atom. The molecule has 0 bridgehead atoms. The third kappa shape index (κ3) is 2.57. The lowest BCUT2D eigenvalue weighted by Gasteiger charge is -2.44. The Hall–Kier alpha value is -1.42. The first-order chi connectivity index (χ1) is 9.70. The van der Waals surface area contributed by atoms with E-state index < -0.39 is 5.82 Å². The van der Waals surface area contributed by atoms with E-state index in [-0.39, 0.29) is 11.5 Å². The molecule has 2 aliphatic heterocycles. The van der Waals surface area contributed by atoms with Gasteiger partial charge in [-0.1, -0.05) is 12.1 Å². The van der Waals surface area contributed by atoms with Gasteiger partial charge in [0.2, 0.25) is 0 Å². The highest BCUT2D eigenvalue weighted by Crippen LogP contribution is 2.39. The van der Waals surface area contributed by atoms with Crippen LogP contribution in [-0.2, 0) is 0 Å². The van der Waals surface area contributed by atoms with Gasteiger partial charge >= 0.3 is 0 Å². The van der Waals surface area contributed by atoms with E-state index in [0.717, 1.165) is 39.0 Å². The maximum absolute atomic E-state index is 13.7. The summed E-state index contributed by atoms with van der Waals surface area (Å²) in [6, 6.07) is 6.26. The zero-order valence-corrected chi connectivity index (χ0v) is 11.7. The van der Waals surface area contributed by atoms with Crippen LogP contribution in [-0.4, -0.2) is 37.0 Å². The summed E-state index contributed by atoms with van der Waals surface area (Å²) in [4.78, 5) is 14.2. The standard InChI is InChI=1S/C16H21FN2O/c17-14-4-2-1-3-13(14)15(20)19-11-7-16(8-12-19)5-9-18-10-6-16/h1-4,18H,5-12H2. The Bertz CT molecular complexity index is 487. The van der Waals surface area contributed by atoms with Gasteiger partial charge in [0.25, 0.3) is 5.91 Å². The average molecular weight is 276 g/mol. The van der Waals surface area contributed by atoms with Crippen molar-refractivity contribution < 1.29 is 9.18 Å². The van der Waals surface area contributed by atoms with Crippen molar-refractivity contribution in [2.75, 3.05) is 26.2 Å². The number of carbonyl (C=O) groups excluding carboxylic acids is 1. The third-order valence-corrected chi connectivity index (χ3v) is 4.88. The minimum atomic E-state index is -0.417. The molecule has 3 nitrogen and oxygen atoms in total. The smallest absolute Gasteiger partial charge is 0.256 e. The van der Waals surface area contributed by atoms with Gasteiger partial charge in [-0.2, -0.15) is 0 Å². The number of benzene rings is 1. The quantitative estimate of drug-likeness (QED) is 0.854. The first-order valence-corrected chi connectivity index (χ1v) is 7.45. The molecule has 0 aliphatic carbocycles. The van der Waals surface area contributed by atoms with Gasteiger partial charge in [-0.15, -0.1) is 0 Å². The fourth-order valence-corrected chi connectivity index (χ4v) is 3.45. The molecule has 2 heterocycles. The second-order valence-corrected chi connectivity index (χ2v) is 6.02. The molecule has 1 spiro atoms. The molecule has 0 unspecified atom stereocenters. The van der Waals surface area contributed by atoms with Gasteiger partial charge in [-0.05, 0) is 56.3 Å². The van der Waals surface area contributed by atoms with Crippen molar-refractivity contribution in [3.05, 3.63) is 35.6 Å². The normalized spacial score (nSPS) is 21.9. The van der Waals surface area contributed by atoms with E-state index in [1.54, 1.807) is 18.2 Å². The molecule has 1 aromatic carbocycles. The van der Waals surface area contributed by atoms with Crippen LogP contribution in [0.5, 0.6) is 0 Å². The Kier molecular flexibility index (Phi) is 3.74. The van der Waals surface area contributed by atoms with E-state index in [9.17, 15) is 9.18 Å². The molecule has 0 atom stereocenters. The number of rotatable bonds is 1. The molecular weight excluding hydrogens is 255 g/mol. The number of hydrogen-bond donors (Lipinski definition) is 1. The van der Waals surface area contributed by atoms with Crippen molar-refractivity contribution in [1.29, 1.82) is 0 Å². The van der Waals surface area contributed by atoms with E-state index in [1.807, 2.05) is 4.90 Å². The predicted molar refractivity (Wildman–Crippen MR) is 76.1 cm³/mol. The highest BCUT2D eigenvalue weighted by Gasteiger charge is 2.37. The van der Waals surface area contributed by atoms with Crippen LogP contribution in [0.3, 0.4) is 0 Å². The van der Waals surface area contributed by atoms with Crippen LogP contribution in [0.25, 0.3) is 0 Å². The van der Waals surface area contributed by atoms with Crippen LogP contribution in [0.1, 0.15) is 36.0 Å². The van der Waals surface area contributed by atoms with Crippen molar-refractivity contribution in [2.45, 2.75) is 25.7 Å². The molecule has 1 N–H and O–H groups in total.